The predicted molar refractivity (Wildman–Crippen MR) is 127 cm³/mol. The highest BCUT2D eigenvalue weighted by Gasteiger charge is 2.29. The van der Waals surface area contributed by atoms with Crippen LogP contribution in [-0.4, -0.2) is 28.0 Å². The second kappa shape index (κ2) is 12.2. The summed E-state index contributed by atoms with van der Waals surface area (Å²) in [5.41, 5.74) is 1.49. The van der Waals surface area contributed by atoms with Crippen molar-refractivity contribution in [3.05, 3.63) is 70.8 Å². The van der Waals surface area contributed by atoms with Crippen LogP contribution < -0.4 is 15.4 Å². The zero-order valence-corrected chi connectivity index (χ0v) is 20.3. The Balaban J connectivity index is 0.00000480. The van der Waals surface area contributed by atoms with Gasteiger partial charge in [0.15, 0.2) is 5.96 Å². The van der Waals surface area contributed by atoms with Crippen LogP contribution in [0.3, 0.4) is 0 Å². The third-order valence-electron chi connectivity index (χ3n) is 4.16. The van der Waals surface area contributed by atoms with Crippen LogP contribution in [0.5, 0.6) is 0 Å². The van der Waals surface area contributed by atoms with Crippen molar-refractivity contribution < 1.29 is 21.6 Å². The Morgan fingerprint density at radius 2 is 1.65 bits per heavy atom. The standard InChI is InChI=1S/C20H25F3N4O2S.HI/c1-3-25-19(26-12-15-7-9-18(10-8-15)20(21,22)23)27-13-16-5-4-6-17(11-16)14-30(28,29)24-2;/h4-11,24H,3,12-14H2,1-2H3,(H2,25,26,27);1H. The number of sulfonamides is 1. The van der Waals surface area contributed by atoms with Gasteiger partial charge in [0, 0.05) is 13.1 Å². The van der Waals surface area contributed by atoms with Gasteiger partial charge < -0.3 is 10.6 Å². The minimum atomic E-state index is -4.36. The topological polar surface area (TPSA) is 82.6 Å². The van der Waals surface area contributed by atoms with Gasteiger partial charge in [0.25, 0.3) is 0 Å². The molecule has 0 saturated carbocycles. The van der Waals surface area contributed by atoms with Gasteiger partial charge >= 0.3 is 6.18 Å². The summed E-state index contributed by atoms with van der Waals surface area (Å²) in [5, 5.41) is 6.15. The fraction of sp³-hybridized carbons (Fsp3) is 0.350. The highest BCUT2D eigenvalue weighted by atomic mass is 127. The van der Waals surface area contributed by atoms with E-state index in [-0.39, 0.29) is 29.7 Å². The number of nitrogens with one attached hydrogen (secondary N) is 3. The third kappa shape index (κ3) is 9.44. The molecule has 0 atom stereocenters. The maximum absolute atomic E-state index is 12.7. The molecular formula is C20H26F3IN4O2S. The monoisotopic (exact) mass is 570 g/mol. The molecule has 2 aromatic carbocycles. The van der Waals surface area contributed by atoms with Crippen molar-refractivity contribution in [3.8, 4) is 0 Å². The number of rotatable bonds is 8. The number of alkyl halides is 3. The molecule has 2 aromatic rings. The lowest BCUT2D eigenvalue weighted by atomic mass is 10.1. The lowest BCUT2D eigenvalue weighted by Gasteiger charge is -2.12. The van der Waals surface area contributed by atoms with Gasteiger partial charge in [-0.05, 0) is 42.8 Å². The first-order valence-corrected chi connectivity index (χ1v) is 11.0. The van der Waals surface area contributed by atoms with Crippen LogP contribution in [0.1, 0.15) is 29.2 Å². The number of guanidine groups is 1. The van der Waals surface area contributed by atoms with Gasteiger partial charge in [-0.25, -0.2) is 18.1 Å². The summed E-state index contributed by atoms with van der Waals surface area (Å²) in [4.78, 5) is 4.46. The molecule has 2 rings (SSSR count). The molecule has 0 aliphatic carbocycles. The Hall–Kier alpha value is -1.86. The smallest absolute Gasteiger partial charge is 0.357 e. The minimum absolute atomic E-state index is 0. The van der Waals surface area contributed by atoms with Crippen molar-refractivity contribution in [2.75, 3.05) is 13.6 Å². The Morgan fingerprint density at radius 1 is 1.00 bits per heavy atom. The Bertz CT molecular complexity index is 965. The first kappa shape index (κ1) is 27.2. The fourth-order valence-electron chi connectivity index (χ4n) is 2.62. The molecule has 0 aromatic heterocycles. The summed E-state index contributed by atoms with van der Waals surface area (Å²) in [7, 11) is -1.99. The van der Waals surface area contributed by atoms with Crippen molar-refractivity contribution in [3.63, 3.8) is 0 Å². The second-order valence-electron chi connectivity index (χ2n) is 6.53. The molecule has 6 nitrogen and oxygen atoms in total. The zero-order chi connectivity index (χ0) is 22.2. The highest BCUT2D eigenvalue weighted by molar-refractivity contribution is 14.0. The van der Waals surface area contributed by atoms with E-state index in [1.54, 1.807) is 18.2 Å². The molecule has 0 amide bonds. The molecule has 0 aliphatic heterocycles. The largest absolute Gasteiger partial charge is 0.416 e. The van der Waals surface area contributed by atoms with E-state index in [9.17, 15) is 21.6 Å². The number of benzene rings is 2. The Labute approximate surface area is 197 Å². The van der Waals surface area contributed by atoms with Gasteiger partial charge in [0.05, 0.1) is 17.9 Å². The summed E-state index contributed by atoms with van der Waals surface area (Å²) in [6.07, 6.45) is -4.36. The van der Waals surface area contributed by atoms with Gasteiger partial charge in [-0.3, -0.25) is 0 Å². The molecular weight excluding hydrogens is 544 g/mol. The number of halogens is 4. The molecule has 0 fully saturated rings. The van der Waals surface area contributed by atoms with Gasteiger partial charge in [0.1, 0.15) is 0 Å². The molecule has 0 bridgehead atoms. The van der Waals surface area contributed by atoms with E-state index in [4.69, 9.17) is 0 Å². The van der Waals surface area contributed by atoms with E-state index < -0.39 is 21.8 Å². The van der Waals surface area contributed by atoms with Crippen LogP contribution in [0, 0.1) is 0 Å². The van der Waals surface area contributed by atoms with Crippen LogP contribution in [-0.2, 0) is 35.0 Å². The van der Waals surface area contributed by atoms with Crippen molar-refractivity contribution in [2.45, 2.75) is 31.9 Å². The van der Waals surface area contributed by atoms with Crippen molar-refractivity contribution in [1.29, 1.82) is 0 Å². The molecule has 0 heterocycles. The number of aliphatic imine (C=N–C) groups is 1. The molecule has 0 spiro atoms. The maximum atomic E-state index is 12.7. The number of hydrogen-bond donors (Lipinski definition) is 3. The van der Waals surface area contributed by atoms with E-state index in [1.165, 1.54) is 19.2 Å². The number of hydrogen-bond acceptors (Lipinski definition) is 3. The molecule has 11 heteroatoms. The summed E-state index contributed by atoms with van der Waals surface area (Å²) < 4.78 is 63.7. The zero-order valence-electron chi connectivity index (χ0n) is 17.2. The van der Waals surface area contributed by atoms with Crippen LogP contribution in [0.4, 0.5) is 13.2 Å². The van der Waals surface area contributed by atoms with Crippen molar-refractivity contribution in [2.24, 2.45) is 4.99 Å². The van der Waals surface area contributed by atoms with Gasteiger partial charge in [0.2, 0.25) is 10.0 Å². The first-order chi connectivity index (χ1) is 14.1. The van der Waals surface area contributed by atoms with Gasteiger partial charge in [-0.2, -0.15) is 13.2 Å². The van der Waals surface area contributed by atoms with Crippen LogP contribution in [0.2, 0.25) is 0 Å². The fourth-order valence-corrected chi connectivity index (χ4v) is 3.38. The Kier molecular flexibility index (Phi) is 10.7. The van der Waals surface area contributed by atoms with E-state index in [1.807, 2.05) is 13.0 Å². The summed E-state index contributed by atoms with van der Waals surface area (Å²) in [5.74, 6) is 0.387. The minimum Gasteiger partial charge on any atom is -0.357 e. The average molecular weight is 570 g/mol. The van der Waals surface area contributed by atoms with E-state index >= 15 is 0 Å². The average Bonchev–Trinajstić information content (AvgIpc) is 2.70. The van der Waals surface area contributed by atoms with Gasteiger partial charge in [-0.1, -0.05) is 36.4 Å². The Morgan fingerprint density at radius 3 is 2.23 bits per heavy atom. The first-order valence-electron chi connectivity index (χ1n) is 9.30. The summed E-state index contributed by atoms with van der Waals surface area (Å²) >= 11 is 0. The van der Waals surface area contributed by atoms with Crippen LogP contribution in [0.25, 0.3) is 0 Å². The van der Waals surface area contributed by atoms with Gasteiger partial charge in [-0.15, -0.1) is 24.0 Å². The number of nitrogens with zero attached hydrogens (tertiary/aromatic N) is 1. The molecule has 3 N–H and O–H groups in total. The normalized spacial score (nSPS) is 12.2. The summed E-state index contributed by atoms with van der Waals surface area (Å²) in [6.45, 7) is 3.14. The van der Waals surface area contributed by atoms with E-state index in [0.29, 0.717) is 36.7 Å². The van der Waals surface area contributed by atoms with E-state index in [2.05, 4.69) is 20.3 Å². The predicted octanol–water partition coefficient (Wildman–Crippen LogP) is 3.63. The molecule has 0 unspecified atom stereocenters. The second-order valence-corrected chi connectivity index (χ2v) is 8.45. The highest BCUT2D eigenvalue weighted by Crippen LogP contribution is 2.29. The van der Waals surface area contributed by atoms with Crippen molar-refractivity contribution in [1.82, 2.24) is 15.4 Å². The van der Waals surface area contributed by atoms with Crippen LogP contribution in [0.15, 0.2) is 53.5 Å². The lowest BCUT2D eigenvalue weighted by molar-refractivity contribution is -0.137. The van der Waals surface area contributed by atoms with E-state index in [0.717, 1.165) is 17.7 Å². The maximum Gasteiger partial charge on any atom is 0.416 e. The van der Waals surface area contributed by atoms with Crippen LogP contribution >= 0.6 is 24.0 Å². The SMILES string of the molecule is CCNC(=NCc1cccc(CS(=O)(=O)NC)c1)NCc1ccc(C(F)(F)F)cc1.I. The molecule has 0 saturated heterocycles. The molecule has 0 radical (unpaired) electrons. The molecule has 172 valence electrons. The summed E-state index contributed by atoms with van der Waals surface area (Å²) in [6, 6.07) is 12.1. The quantitative estimate of drug-likeness (QED) is 0.257. The third-order valence-corrected chi connectivity index (χ3v) is 5.50. The lowest BCUT2D eigenvalue weighted by Crippen LogP contribution is -2.36. The van der Waals surface area contributed by atoms with Crippen molar-refractivity contribution >= 4 is 40.0 Å². The molecule has 0 aliphatic rings. The molecule has 31 heavy (non-hydrogen) atoms.